The summed E-state index contributed by atoms with van der Waals surface area (Å²) >= 11 is 0. The van der Waals surface area contributed by atoms with Crippen LogP contribution in [0.2, 0.25) is 0 Å². The molecule has 0 saturated carbocycles. The van der Waals surface area contributed by atoms with Crippen LogP contribution in [0.25, 0.3) is 0 Å². The average molecular weight is 322 g/mol. The lowest BCUT2D eigenvalue weighted by molar-refractivity contribution is 0.284. The molecule has 1 aromatic carbocycles. The van der Waals surface area contributed by atoms with E-state index in [0.717, 1.165) is 37.4 Å². The van der Waals surface area contributed by atoms with Crippen LogP contribution < -0.4 is 15.2 Å². The van der Waals surface area contributed by atoms with Crippen LogP contribution in [0.3, 0.4) is 0 Å². The minimum absolute atomic E-state index is 0.231. The van der Waals surface area contributed by atoms with Crippen LogP contribution in [0.1, 0.15) is 70.8 Å². The van der Waals surface area contributed by atoms with E-state index in [4.69, 9.17) is 15.2 Å². The number of methoxy groups -OCH3 is 1. The van der Waals surface area contributed by atoms with Gasteiger partial charge in [-0.15, -0.1) is 0 Å². The monoisotopic (exact) mass is 321 g/mol. The van der Waals surface area contributed by atoms with Crippen molar-refractivity contribution in [2.75, 3.05) is 13.7 Å². The topological polar surface area (TPSA) is 44.5 Å². The second-order valence-electron chi connectivity index (χ2n) is 6.47. The summed E-state index contributed by atoms with van der Waals surface area (Å²) in [6.45, 7) is 5.06. The molecule has 0 aliphatic carbocycles. The van der Waals surface area contributed by atoms with Crippen LogP contribution in [0.4, 0.5) is 0 Å². The summed E-state index contributed by atoms with van der Waals surface area (Å²) in [5, 5.41) is 0. The zero-order valence-electron chi connectivity index (χ0n) is 15.3. The Morgan fingerprint density at radius 2 is 1.70 bits per heavy atom. The van der Waals surface area contributed by atoms with Crippen LogP contribution in [0.15, 0.2) is 18.2 Å². The quantitative estimate of drug-likeness (QED) is 0.514. The number of hydrogen-bond acceptors (Lipinski definition) is 3. The van der Waals surface area contributed by atoms with Gasteiger partial charge in [0.05, 0.1) is 13.7 Å². The Balaban J connectivity index is 2.30. The van der Waals surface area contributed by atoms with Crippen LogP contribution in [-0.2, 0) is 6.42 Å². The number of unbranched alkanes of at least 4 members (excludes halogenated alkanes) is 6. The zero-order valence-corrected chi connectivity index (χ0v) is 15.3. The molecule has 23 heavy (non-hydrogen) atoms. The summed E-state index contributed by atoms with van der Waals surface area (Å²) in [5.74, 6) is 1.68. The molecule has 3 nitrogen and oxygen atoms in total. The normalized spacial score (nSPS) is 12.2. The van der Waals surface area contributed by atoms with Crippen molar-refractivity contribution in [3.8, 4) is 11.5 Å². The highest BCUT2D eigenvalue weighted by atomic mass is 16.5. The smallest absolute Gasteiger partial charge is 0.161 e. The van der Waals surface area contributed by atoms with Crippen LogP contribution in [0, 0.1) is 0 Å². The molecule has 0 aromatic heterocycles. The highest BCUT2D eigenvalue weighted by Gasteiger charge is 2.06. The lowest BCUT2D eigenvalue weighted by atomic mass is 10.1. The molecule has 2 N–H and O–H groups in total. The Labute approximate surface area is 142 Å². The maximum atomic E-state index is 5.89. The minimum Gasteiger partial charge on any atom is -0.493 e. The van der Waals surface area contributed by atoms with Crippen molar-refractivity contribution in [1.82, 2.24) is 0 Å². The third-order valence-corrected chi connectivity index (χ3v) is 4.12. The summed E-state index contributed by atoms with van der Waals surface area (Å²) in [6, 6.07) is 6.44. The van der Waals surface area contributed by atoms with Crippen molar-refractivity contribution in [3.63, 3.8) is 0 Å². The second-order valence-corrected chi connectivity index (χ2v) is 6.47. The number of ether oxygens (including phenoxy) is 2. The van der Waals surface area contributed by atoms with E-state index in [-0.39, 0.29) is 6.04 Å². The fraction of sp³-hybridized carbons (Fsp3) is 0.700. The standard InChI is InChI=1S/C20H35NO2/c1-4-5-6-7-8-9-10-15-23-19-14-13-18(12-11-17(2)21)16-20(19)22-3/h13-14,16-17H,4-12,15,21H2,1-3H3. The van der Waals surface area contributed by atoms with Crippen molar-refractivity contribution < 1.29 is 9.47 Å². The van der Waals surface area contributed by atoms with Crippen molar-refractivity contribution in [2.45, 2.75) is 77.7 Å². The minimum atomic E-state index is 0.231. The maximum absolute atomic E-state index is 5.89. The van der Waals surface area contributed by atoms with Gasteiger partial charge in [-0.1, -0.05) is 51.5 Å². The molecule has 1 rings (SSSR count). The van der Waals surface area contributed by atoms with Crippen molar-refractivity contribution >= 4 is 0 Å². The van der Waals surface area contributed by atoms with Gasteiger partial charge in [0, 0.05) is 6.04 Å². The highest BCUT2D eigenvalue weighted by Crippen LogP contribution is 2.28. The van der Waals surface area contributed by atoms with E-state index >= 15 is 0 Å². The summed E-state index contributed by atoms with van der Waals surface area (Å²) in [5.41, 5.74) is 7.07. The Bertz CT molecular complexity index is 418. The van der Waals surface area contributed by atoms with Gasteiger partial charge in [0.15, 0.2) is 11.5 Å². The molecule has 0 spiro atoms. The SMILES string of the molecule is CCCCCCCCCOc1ccc(CCC(C)N)cc1OC. The highest BCUT2D eigenvalue weighted by molar-refractivity contribution is 5.43. The molecule has 0 amide bonds. The summed E-state index contributed by atoms with van der Waals surface area (Å²) in [7, 11) is 1.70. The van der Waals surface area contributed by atoms with Crippen LogP contribution in [0.5, 0.6) is 11.5 Å². The largest absolute Gasteiger partial charge is 0.493 e. The lowest BCUT2D eigenvalue weighted by Crippen LogP contribution is -2.15. The first kappa shape index (κ1) is 19.8. The first-order valence-corrected chi connectivity index (χ1v) is 9.22. The molecular formula is C20H35NO2. The van der Waals surface area contributed by atoms with E-state index in [1.165, 1.54) is 44.1 Å². The Hall–Kier alpha value is -1.22. The lowest BCUT2D eigenvalue weighted by Gasteiger charge is -2.13. The molecule has 0 bridgehead atoms. The number of aryl methyl sites for hydroxylation is 1. The van der Waals surface area contributed by atoms with Gasteiger partial charge in [0.1, 0.15) is 0 Å². The molecule has 0 saturated heterocycles. The molecule has 0 fully saturated rings. The van der Waals surface area contributed by atoms with E-state index in [1.54, 1.807) is 7.11 Å². The molecule has 132 valence electrons. The van der Waals surface area contributed by atoms with Gasteiger partial charge in [-0.25, -0.2) is 0 Å². The maximum Gasteiger partial charge on any atom is 0.161 e. The number of nitrogens with two attached hydrogens (primary N) is 1. The third-order valence-electron chi connectivity index (χ3n) is 4.12. The van der Waals surface area contributed by atoms with Crippen molar-refractivity contribution in [2.24, 2.45) is 5.73 Å². The van der Waals surface area contributed by atoms with Gasteiger partial charge in [-0.3, -0.25) is 0 Å². The molecule has 1 unspecified atom stereocenters. The van der Waals surface area contributed by atoms with Gasteiger partial charge in [-0.05, 0) is 43.9 Å². The van der Waals surface area contributed by atoms with Gasteiger partial charge in [0.2, 0.25) is 0 Å². The van der Waals surface area contributed by atoms with Crippen LogP contribution >= 0.6 is 0 Å². The first-order valence-electron chi connectivity index (χ1n) is 9.22. The average Bonchev–Trinajstić information content (AvgIpc) is 2.55. The van der Waals surface area contributed by atoms with Gasteiger partial charge >= 0.3 is 0 Å². The number of rotatable bonds is 13. The van der Waals surface area contributed by atoms with E-state index in [1.807, 2.05) is 13.0 Å². The second kappa shape index (κ2) is 12.2. The molecule has 0 aliphatic heterocycles. The summed E-state index contributed by atoms with van der Waals surface area (Å²) < 4.78 is 11.3. The molecule has 3 heteroatoms. The molecule has 1 atom stereocenters. The van der Waals surface area contributed by atoms with E-state index in [0.29, 0.717) is 0 Å². The molecular weight excluding hydrogens is 286 g/mol. The Kier molecular flexibility index (Phi) is 10.5. The molecule has 0 aliphatic rings. The summed E-state index contributed by atoms with van der Waals surface area (Å²) in [4.78, 5) is 0. The predicted molar refractivity (Wildman–Crippen MR) is 98.5 cm³/mol. The first-order chi connectivity index (χ1) is 11.2. The van der Waals surface area contributed by atoms with Gasteiger partial charge in [0.25, 0.3) is 0 Å². The van der Waals surface area contributed by atoms with Gasteiger partial charge < -0.3 is 15.2 Å². The van der Waals surface area contributed by atoms with Crippen molar-refractivity contribution in [1.29, 1.82) is 0 Å². The fourth-order valence-electron chi connectivity index (χ4n) is 2.62. The van der Waals surface area contributed by atoms with Crippen molar-refractivity contribution in [3.05, 3.63) is 23.8 Å². The summed E-state index contributed by atoms with van der Waals surface area (Å²) in [6.07, 6.45) is 11.0. The fourth-order valence-corrected chi connectivity index (χ4v) is 2.62. The number of benzene rings is 1. The predicted octanol–water partition coefficient (Wildman–Crippen LogP) is 5.10. The van der Waals surface area contributed by atoms with E-state index in [9.17, 15) is 0 Å². The Morgan fingerprint density at radius 1 is 1.00 bits per heavy atom. The van der Waals surface area contributed by atoms with E-state index < -0.39 is 0 Å². The van der Waals surface area contributed by atoms with Gasteiger partial charge in [-0.2, -0.15) is 0 Å². The van der Waals surface area contributed by atoms with Crippen LogP contribution in [-0.4, -0.2) is 19.8 Å². The van der Waals surface area contributed by atoms with E-state index in [2.05, 4.69) is 19.1 Å². The molecule has 1 aromatic rings. The number of hydrogen-bond donors (Lipinski definition) is 1. The third kappa shape index (κ3) is 8.85. The Morgan fingerprint density at radius 3 is 2.35 bits per heavy atom. The molecule has 0 heterocycles. The zero-order chi connectivity index (χ0) is 16.9. The molecule has 0 radical (unpaired) electrons.